The number of carboxylic acids is 1. The average molecular weight is 309 g/mol. The molecule has 0 aromatic heterocycles. The lowest BCUT2D eigenvalue weighted by molar-refractivity contribution is -0.137. The molecule has 0 aliphatic heterocycles. The van der Waals surface area contributed by atoms with Crippen LogP contribution in [0.5, 0.6) is 0 Å². The van der Waals surface area contributed by atoms with Crippen molar-refractivity contribution in [2.24, 2.45) is 0 Å². The third-order valence-corrected chi connectivity index (χ3v) is 3.85. The van der Waals surface area contributed by atoms with Gasteiger partial charge in [-0.2, -0.15) is 11.8 Å². The number of hydrogen-bond donors (Lipinski definition) is 2. The van der Waals surface area contributed by atoms with E-state index in [2.05, 4.69) is 5.32 Å². The first-order chi connectivity index (χ1) is 10.1. The molecule has 0 heterocycles. The van der Waals surface area contributed by atoms with Crippen molar-refractivity contribution in [1.29, 1.82) is 0 Å². The highest BCUT2D eigenvalue weighted by Crippen LogP contribution is 2.09. The molecule has 21 heavy (non-hydrogen) atoms. The van der Waals surface area contributed by atoms with Crippen LogP contribution >= 0.6 is 11.8 Å². The first-order valence-corrected chi connectivity index (χ1v) is 8.55. The number of nitrogens with one attached hydrogen (secondary N) is 1. The number of amides is 1. The van der Waals surface area contributed by atoms with Crippen molar-refractivity contribution < 1.29 is 14.7 Å². The van der Waals surface area contributed by atoms with Crippen LogP contribution in [-0.2, 0) is 16.0 Å². The van der Waals surface area contributed by atoms with Gasteiger partial charge in [-0.25, -0.2) is 0 Å². The molecule has 116 valence electrons. The Bertz CT molecular complexity index is 436. The molecule has 0 saturated carbocycles. The summed E-state index contributed by atoms with van der Waals surface area (Å²) >= 11 is 1.72. The SMILES string of the molecule is CSCCCC(=O)NC(CCC(=O)O)Cc1ccccc1. The van der Waals surface area contributed by atoms with Gasteiger partial charge in [0.2, 0.25) is 5.91 Å². The van der Waals surface area contributed by atoms with E-state index in [9.17, 15) is 9.59 Å². The fourth-order valence-electron chi connectivity index (χ4n) is 2.10. The maximum absolute atomic E-state index is 11.9. The highest BCUT2D eigenvalue weighted by molar-refractivity contribution is 7.98. The van der Waals surface area contributed by atoms with E-state index in [0.29, 0.717) is 19.3 Å². The quantitative estimate of drug-likeness (QED) is 0.652. The molecule has 4 nitrogen and oxygen atoms in total. The molecule has 0 radical (unpaired) electrons. The van der Waals surface area contributed by atoms with Gasteiger partial charge in [-0.05, 0) is 36.8 Å². The first-order valence-electron chi connectivity index (χ1n) is 7.16. The molecule has 0 saturated heterocycles. The Balaban J connectivity index is 2.51. The summed E-state index contributed by atoms with van der Waals surface area (Å²) in [4.78, 5) is 22.6. The van der Waals surface area contributed by atoms with Gasteiger partial charge in [-0.3, -0.25) is 9.59 Å². The van der Waals surface area contributed by atoms with Crippen LogP contribution < -0.4 is 5.32 Å². The van der Waals surface area contributed by atoms with Crippen molar-refractivity contribution in [2.45, 2.75) is 38.1 Å². The Hall–Kier alpha value is -1.49. The number of rotatable bonds is 10. The van der Waals surface area contributed by atoms with Crippen molar-refractivity contribution in [3.8, 4) is 0 Å². The molecule has 0 aliphatic rings. The molecule has 1 atom stereocenters. The monoisotopic (exact) mass is 309 g/mol. The van der Waals surface area contributed by atoms with Gasteiger partial charge in [0.05, 0.1) is 0 Å². The zero-order valence-corrected chi connectivity index (χ0v) is 13.2. The molecular weight excluding hydrogens is 286 g/mol. The highest BCUT2D eigenvalue weighted by Gasteiger charge is 2.14. The second-order valence-corrected chi connectivity index (χ2v) is 5.97. The average Bonchev–Trinajstić information content (AvgIpc) is 2.46. The van der Waals surface area contributed by atoms with E-state index in [1.54, 1.807) is 11.8 Å². The summed E-state index contributed by atoms with van der Waals surface area (Å²) in [5.74, 6) is 0.145. The van der Waals surface area contributed by atoms with Crippen LogP contribution in [0.25, 0.3) is 0 Å². The van der Waals surface area contributed by atoms with Crippen LogP contribution in [-0.4, -0.2) is 35.0 Å². The van der Waals surface area contributed by atoms with Crippen molar-refractivity contribution >= 4 is 23.6 Å². The number of carbonyl (C=O) groups is 2. The summed E-state index contributed by atoms with van der Waals surface area (Å²) in [7, 11) is 0. The second-order valence-electron chi connectivity index (χ2n) is 4.98. The molecule has 1 aromatic rings. The minimum absolute atomic E-state index is 0.00960. The Morgan fingerprint density at radius 3 is 2.57 bits per heavy atom. The molecule has 2 N–H and O–H groups in total. The predicted octanol–water partition coefficient (Wildman–Crippen LogP) is 2.72. The fourth-order valence-corrected chi connectivity index (χ4v) is 2.53. The Morgan fingerprint density at radius 2 is 1.95 bits per heavy atom. The maximum atomic E-state index is 11.9. The van der Waals surface area contributed by atoms with Crippen molar-refractivity contribution in [1.82, 2.24) is 5.32 Å². The van der Waals surface area contributed by atoms with Crippen LogP contribution in [0, 0.1) is 0 Å². The van der Waals surface area contributed by atoms with Gasteiger partial charge in [-0.15, -0.1) is 0 Å². The zero-order valence-electron chi connectivity index (χ0n) is 12.4. The standard InChI is InChI=1S/C16H23NO3S/c1-21-11-5-8-15(18)17-14(9-10-16(19)20)12-13-6-3-2-4-7-13/h2-4,6-7,14H,5,8-12H2,1H3,(H,17,18)(H,19,20). The van der Waals surface area contributed by atoms with Gasteiger partial charge in [0.15, 0.2) is 0 Å². The molecule has 1 rings (SSSR count). The Morgan fingerprint density at radius 1 is 1.24 bits per heavy atom. The predicted molar refractivity (Wildman–Crippen MR) is 86.6 cm³/mol. The van der Waals surface area contributed by atoms with Crippen LogP contribution in [0.1, 0.15) is 31.2 Å². The van der Waals surface area contributed by atoms with E-state index in [-0.39, 0.29) is 18.4 Å². The van der Waals surface area contributed by atoms with Crippen molar-refractivity contribution in [2.75, 3.05) is 12.0 Å². The summed E-state index contributed by atoms with van der Waals surface area (Å²) in [6, 6.07) is 9.71. The fraction of sp³-hybridized carbons (Fsp3) is 0.500. The van der Waals surface area contributed by atoms with Gasteiger partial charge in [0.25, 0.3) is 0 Å². The highest BCUT2D eigenvalue weighted by atomic mass is 32.2. The van der Waals surface area contributed by atoms with Crippen LogP contribution in [0.15, 0.2) is 30.3 Å². The molecule has 1 amide bonds. The number of aliphatic carboxylic acids is 1. The Labute approximate surface area is 130 Å². The lowest BCUT2D eigenvalue weighted by Crippen LogP contribution is -2.36. The van der Waals surface area contributed by atoms with Crippen LogP contribution in [0.2, 0.25) is 0 Å². The molecule has 0 bridgehead atoms. The number of carbonyl (C=O) groups excluding carboxylic acids is 1. The van der Waals surface area contributed by atoms with E-state index in [0.717, 1.165) is 17.7 Å². The molecule has 1 aromatic carbocycles. The van der Waals surface area contributed by atoms with Gasteiger partial charge in [0.1, 0.15) is 0 Å². The number of carboxylic acid groups (broad SMARTS) is 1. The van der Waals surface area contributed by atoms with Crippen LogP contribution in [0.3, 0.4) is 0 Å². The summed E-state index contributed by atoms with van der Waals surface area (Å²) in [6.07, 6.45) is 4.57. The molecule has 0 spiro atoms. The van der Waals surface area contributed by atoms with Gasteiger partial charge in [-0.1, -0.05) is 30.3 Å². The summed E-state index contributed by atoms with van der Waals surface area (Å²) < 4.78 is 0. The molecule has 1 unspecified atom stereocenters. The molecule has 0 aliphatic carbocycles. The molecular formula is C16H23NO3S. The minimum atomic E-state index is -0.829. The smallest absolute Gasteiger partial charge is 0.303 e. The van der Waals surface area contributed by atoms with Crippen molar-refractivity contribution in [3.63, 3.8) is 0 Å². The number of thioether (sulfide) groups is 1. The molecule has 0 fully saturated rings. The van der Waals surface area contributed by atoms with Crippen molar-refractivity contribution in [3.05, 3.63) is 35.9 Å². The van der Waals surface area contributed by atoms with E-state index >= 15 is 0 Å². The largest absolute Gasteiger partial charge is 0.481 e. The van der Waals surface area contributed by atoms with Gasteiger partial charge < -0.3 is 10.4 Å². The van der Waals surface area contributed by atoms with Gasteiger partial charge in [0, 0.05) is 18.9 Å². The Kier molecular flexibility index (Phi) is 8.59. The van der Waals surface area contributed by atoms with E-state index in [1.807, 2.05) is 36.6 Å². The van der Waals surface area contributed by atoms with Crippen LogP contribution in [0.4, 0.5) is 0 Å². The topological polar surface area (TPSA) is 66.4 Å². The molecule has 5 heteroatoms. The number of hydrogen-bond acceptors (Lipinski definition) is 3. The lowest BCUT2D eigenvalue weighted by Gasteiger charge is -2.18. The summed E-state index contributed by atoms with van der Waals surface area (Å²) in [6.45, 7) is 0. The normalized spacial score (nSPS) is 11.9. The van der Waals surface area contributed by atoms with E-state index in [1.165, 1.54) is 0 Å². The number of benzene rings is 1. The second kappa shape index (κ2) is 10.3. The first kappa shape index (κ1) is 17.6. The zero-order chi connectivity index (χ0) is 15.5. The summed E-state index contributed by atoms with van der Waals surface area (Å²) in [5.41, 5.74) is 1.11. The lowest BCUT2D eigenvalue weighted by atomic mass is 10.0. The van der Waals surface area contributed by atoms with E-state index < -0.39 is 5.97 Å². The van der Waals surface area contributed by atoms with Gasteiger partial charge >= 0.3 is 5.97 Å². The third kappa shape index (κ3) is 8.40. The van der Waals surface area contributed by atoms with E-state index in [4.69, 9.17) is 5.11 Å². The minimum Gasteiger partial charge on any atom is -0.481 e. The third-order valence-electron chi connectivity index (χ3n) is 3.15. The summed E-state index contributed by atoms with van der Waals surface area (Å²) in [5, 5.41) is 11.8. The maximum Gasteiger partial charge on any atom is 0.303 e.